The lowest BCUT2D eigenvalue weighted by Gasteiger charge is -2.31. The van der Waals surface area contributed by atoms with E-state index in [-0.39, 0.29) is 11.9 Å². The van der Waals surface area contributed by atoms with Crippen molar-refractivity contribution in [2.24, 2.45) is 0 Å². The first kappa shape index (κ1) is 20.7. The van der Waals surface area contributed by atoms with Gasteiger partial charge in [-0.05, 0) is 43.2 Å². The van der Waals surface area contributed by atoms with Crippen molar-refractivity contribution in [1.82, 2.24) is 0 Å². The molecule has 1 atom stereocenters. The third-order valence-electron chi connectivity index (χ3n) is 6.44. The Morgan fingerprint density at radius 1 is 1.00 bits per heavy atom. The van der Waals surface area contributed by atoms with Gasteiger partial charge in [0.15, 0.2) is 18.0 Å². The number of carbonyl (C=O) groups excluding carboxylic acids is 1. The summed E-state index contributed by atoms with van der Waals surface area (Å²) in [7, 11) is 3.33. The molecule has 0 spiro atoms. The molecule has 0 radical (unpaired) electrons. The van der Waals surface area contributed by atoms with Gasteiger partial charge in [-0.1, -0.05) is 18.2 Å². The molecular weight excluding hydrogens is 378 g/mol. The topological polar surface area (TPSA) is 47.7 Å². The number of nitrogens with zero attached hydrogens (tertiary/aromatic N) is 1. The Labute approximate surface area is 179 Å². The number of para-hydroxylation sites is 1. The summed E-state index contributed by atoms with van der Waals surface area (Å²) in [6.07, 6.45) is 0.959. The summed E-state index contributed by atoms with van der Waals surface area (Å²) in [6, 6.07) is 14.7. The third-order valence-corrected chi connectivity index (χ3v) is 6.44. The van der Waals surface area contributed by atoms with Crippen LogP contribution >= 0.6 is 0 Å². The van der Waals surface area contributed by atoms with E-state index in [9.17, 15) is 4.79 Å². The Hall–Kier alpha value is -2.57. The molecule has 4 rings (SSSR count). The van der Waals surface area contributed by atoms with Gasteiger partial charge in [-0.15, -0.1) is 0 Å². The second kappa shape index (κ2) is 9.06. The van der Waals surface area contributed by atoms with Crippen LogP contribution in [0.25, 0.3) is 0 Å². The van der Waals surface area contributed by atoms with Crippen LogP contribution < -0.4 is 24.2 Å². The minimum atomic E-state index is 0.255. The summed E-state index contributed by atoms with van der Waals surface area (Å²) in [5, 5.41) is 0. The molecule has 2 aliphatic rings. The molecule has 1 amide bonds. The molecule has 30 heavy (non-hydrogen) atoms. The van der Waals surface area contributed by atoms with E-state index in [1.54, 1.807) is 19.1 Å². The van der Waals surface area contributed by atoms with Crippen LogP contribution in [0.1, 0.15) is 18.1 Å². The van der Waals surface area contributed by atoms with Crippen molar-refractivity contribution in [3.05, 3.63) is 53.6 Å². The molecule has 2 aromatic carbocycles. The zero-order valence-corrected chi connectivity index (χ0v) is 18.2. The summed E-state index contributed by atoms with van der Waals surface area (Å²) in [6.45, 7) is 7.90. The number of rotatable bonds is 6. The molecule has 2 N–H and O–H groups in total. The second-order valence-corrected chi connectivity index (χ2v) is 8.49. The van der Waals surface area contributed by atoms with E-state index in [1.807, 2.05) is 17.0 Å². The van der Waals surface area contributed by atoms with Crippen LogP contribution in [0.15, 0.2) is 42.5 Å². The number of ether oxygens (including phenoxy) is 2. The molecule has 2 aromatic rings. The van der Waals surface area contributed by atoms with Crippen LogP contribution in [-0.4, -0.2) is 58.9 Å². The normalized spacial score (nSPS) is 23.2. The first-order chi connectivity index (χ1) is 14.6. The average Bonchev–Trinajstić information content (AvgIpc) is 3.10. The van der Waals surface area contributed by atoms with Gasteiger partial charge in [0.05, 0.1) is 14.2 Å². The van der Waals surface area contributed by atoms with Gasteiger partial charge < -0.3 is 24.2 Å². The number of hydrogen-bond acceptors (Lipinski definition) is 3. The molecular formula is C24H33N3O3+2. The molecule has 1 fully saturated rings. The molecule has 0 aromatic heterocycles. The highest BCUT2D eigenvalue weighted by Crippen LogP contribution is 2.31. The van der Waals surface area contributed by atoms with Gasteiger partial charge in [-0.3, -0.25) is 4.79 Å². The SMILES string of the molecule is COc1ccc(C[NH+]2CC[NH+](CC(=O)N3c4ccccc4C[C@@H]3C)CC2)cc1OC. The highest BCUT2D eigenvalue weighted by atomic mass is 16.5. The fraction of sp³-hybridized carbons (Fsp3) is 0.458. The van der Waals surface area contributed by atoms with Crippen molar-refractivity contribution in [3.63, 3.8) is 0 Å². The molecule has 1 saturated heterocycles. The predicted molar refractivity (Wildman–Crippen MR) is 117 cm³/mol. The van der Waals surface area contributed by atoms with Crippen molar-refractivity contribution in [2.45, 2.75) is 25.9 Å². The number of amides is 1. The van der Waals surface area contributed by atoms with Crippen LogP contribution in [0.3, 0.4) is 0 Å². The number of hydrogen-bond donors (Lipinski definition) is 2. The molecule has 0 aliphatic carbocycles. The Balaban J connectivity index is 1.30. The van der Waals surface area contributed by atoms with Gasteiger partial charge in [-0.2, -0.15) is 0 Å². The molecule has 160 valence electrons. The number of nitrogens with one attached hydrogen (secondary N) is 2. The molecule has 0 bridgehead atoms. The van der Waals surface area contributed by atoms with Gasteiger partial charge in [0.25, 0.3) is 5.91 Å². The van der Waals surface area contributed by atoms with Gasteiger partial charge in [0, 0.05) is 17.3 Å². The first-order valence-corrected chi connectivity index (χ1v) is 10.9. The fourth-order valence-corrected chi connectivity index (χ4v) is 4.83. The lowest BCUT2D eigenvalue weighted by Crippen LogP contribution is -3.28. The standard InChI is InChI=1S/C24H31N3O3/c1-18-14-20-6-4-5-7-21(20)27(18)24(28)17-26-12-10-25(11-13-26)16-19-8-9-22(29-2)23(15-19)30-3/h4-9,15,18H,10-14,16-17H2,1-3H3/p+2/t18-/m0/s1. The maximum atomic E-state index is 13.1. The number of carbonyl (C=O) groups is 1. The van der Waals surface area contributed by atoms with E-state index in [0.717, 1.165) is 56.3 Å². The number of benzene rings is 2. The first-order valence-electron chi connectivity index (χ1n) is 10.9. The summed E-state index contributed by atoms with van der Waals surface area (Å²) < 4.78 is 10.8. The molecule has 6 nitrogen and oxygen atoms in total. The van der Waals surface area contributed by atoms with Crippen LogP contribution in [-0.2, 0) is 17.8 Å². The summed E-state index contributed by atoms with van der Waals surface area (Å²) >= 11 is 0. The molecule has 6 heteroatoms. The van der Waals surface area contributed by atoms with Crippen molar-refractivity contribution < 1.29 is 24.1 Å². The number of anilines is 1. The summed E-state index contributed by atoms with van der Waals surface area (Å²) in [5.41, 5.74) is 3.65. The van der Waals surface area contributed by atoms with Crippen molar-refractivity contribution in [1.29, 1.82) is 0 Å². The van der Waals surface area contributed by atoms with E-state index >= 15 is 0 Å². The van der Waals surface area contributed by atoms with Crippen LogP contribution in [0.4, 0.5) is 5.69 Å². The summed E-state index contributed by atoms with van der Waals surface area (Å²) in [4.78, 5) is 18.0. The van der Waals surface area contributed by atoms with Gasteiger partial charge in [-0.25, -0.2) is 0 Å². The largest absolute Gasteiger partial charge is 0.493 e. The lowest BCUT2D eigenvalue weighted by molar-refractivity contribution is -1.02. The number of methoxy groups -OCH3 is 2. The van der Waals surface area contributed by atoms with Crippen molar-refractivity contribution in [3.8, 4) is 11.5 Å². The van der Waals surface area contributed by atoms with E-state index in [1.165, 1.54) is 16.0 Å². The quantitative estimate of drug-likeness (QED) is 0.702. The highest BCUT2D eigenvalue weighted by molar-refractivity contribution is 5.96. The summed E-state index contributed by atoms with van der Waals surface area (Å²) in [5.74, 6) is 1.80. The monoisotopic (exact) mass is 411 g/mol. The smallest absolute Gasteiger partial charge is 0.282 e. The Morgan fingerprint density at radius 3 is 2.43 bits per heavy atom. The highest BCUT2D eigenvalue weighted by Gasteiger charge is 2.33. The number of piperazine rings is 1. The van der Waals surface area contributed by atoms with Gasteiger partial charge in [0.2, 0.25) is 0 Å². The number of fused-ring (bicyclic) bond motifs is 1. The predicted octanol–water partition coefficient (Wildman–Crippen LogP) is -0.0350. The van der Waals surface area contributed by atoms with E-state index in [0.29, 0.717) is 6.54 Å². The zero-order valence-electron chi connectivity index (χ0n) is 18.2. The van der Waals surface area contributed by atoms with Crippen LogP contribution in [0.2, 0.25) is 0 Å². The lowest BCUT2D eigenvalue weighted by atomic mass is 10.1. The van der Waals surface area contributed by atoms with Crippen LogP contribution in [0, 0.1) is 0 Å². The molecule has 2 aliphatic heterocycles. The number of quaternary nitrogens is 2. The third kappa shape index (κ3) is 4.30. The molecule has 2 heterocycles. The van der Waals surface area contributed by atoms with Crippen molar-refractivity contribution >= 4 is 11.6 Å². The molecule has 0 unspecified atom stereocenters. The minimum absolute atomic E-state index is 0.255. The fourth-order valence-electron chi connectivity index (χ4n) is 4.83. The Kier molecular flexibility index (Phi) is 6.25. The van der Waals surface area contributed by atoms with E-state index in [4.69, 9.17) is 9.47 Å². The minimum Gasteiger partial charge on any atom is -0.493 e. The van der Waals surface area contributed by atoms with E-state index in [2.05, 4.69) is 37.3 Å². The van der Waals surface area contributed by atoms with Crippen molar-refractivity contribution in [2.75, 3.05) is 51.8 Å². The molecule has 0 saturated carbocycles. The second-order valence-electron chi connectivity index (χ2n) is 8.49. The average molecular weight is 412 g/mol. The van der Waals surface area contributed by atoms with E-state index < -0.39 is 0 Å². The van der Waals surface area contributed by atoms with Gasteiger partial charge in [0.1, 0.15) is 32.7 Å². The zero-order chi connectivity index (χ0) is 21.1. The van der Waals surface area contributed by atoms with Crippen LogP contribution in [0.5, 0.6) is 11.5 Å². The maximum absolute atomic E-state index is 13.1. The Bertz CT molecular complexity index is 893. The maximum Gasteiger partial charge on any atom is 0.282 e. The van der Waals surface area contributed by atoms with Gasteiger partial charge >= 0.3 is 0 Å². The Morgan fingerprint density at radius 2 is 1.70 bits per heavy atom.